The zero-order chi connectivity index (χ0) is 21.1. The van der Waals surface area contributed by atoms with Gasteiger partial charge < -0.3 is 9.52 Å². The molecule has 0 saturated carbocycles. The monoisotopic (exact) mass is 442 g/mol. The van der Waals surface area contributed by atoms with Crippen molar-refractivity contribution < 1.29 is 22.3 Å². The Labute approximate surface area is 175 Å². The molecule has 0 aliphatic carbocycles. The first-order chi connectivity index (χ1) is 14.4. The summed E-state index contributed by atoms with van der Waals surface area (Å²) in [6.45, 7) is 0. The molecule has 152 valence electrons. The third kappa shape index (κ3) is 4.29. The SMILES string of the molecule is O=S(=O)(N=C([O-])Cc1nc(-c2ccc(F)cc2)oc1-c1ccsc1)c1cccnc1. The Morgan fingerprint density at radius 3 is 2.63 bits per heavy atom. The van der Waals surface area contributed by atoms with Crippen LogP contribution in [0.2, 0.25) is 0 Å². The number of sulfonamides is 1. The van der Waals surface area contributed by atoms with Gasteiger partial charge in [-0.2, -0.15) is 24.2 Å². The van der Waals surface area contributed by atoms with E-state index in [9.17, 15) is 17.9 Å². The summed E-state index contributed by atoms with van der Waals surface area (Å²) in [6.07, 6.45) is 2.15. The molecule has 1 aromatic carbocycles. The maximum atomic E-state index is 13.2. The average molecular weight is 442 g/mol. The van der Waals surface area contributed by atoms with Gasteiger partial charge in [-0.15, -0.1) is 0 Å². The lowest BCUT2D eigenvalue weighted by atomic mass is 10.2. The number of hydrogen-bond donors (Lipinski definition) is 0. The van der Waals surface area contributed by atoms with Gasteiger partial charge in [0.15, 0.2) is 5.76 Å². The molecule has 3 aromatic heterocycles. The van der Waals surface area contributed by atoms with Crippen molar-refractivity contribution in [1.82, 2.24) is 9.97 Å². The minimum Gasteiger partial charge on any atom is -0.861 e. The minimum atomic E-state index is -4.18. The van der Waals surface area contributed by atoms with E-state index in [1.54, 1.807) is 6.07 Å². The van der Waals surface area contributed by atoms with Crippen LogP contribution in [0, 0.1) is 5.82 Å². The molecule has 4 rings (SSSR count). The second-order valence-corrected chi connectivity index (χ2v) is 8.52. The van der Waals surface area contributed by atoms with Crippen LogP contribution in [0.1, 0.15) is 5.69 Å². The summed E-state index contributed by atoms with van der Waals surface area (Å²) in [7, 11) is -4.18. The highest BCUT2D eigenvalue weighted by Crippen LogP contribution is 2.31. The molecule has 10 heteroatoms. The lowest BCUT2D eigenvalue weighted by molar-refractivity contribution is -0.217. The number of rotatable bonds is 6. The molecular formula is C20H13FN3O4S2-. The number of aromatic nitrogens is 2. The predicted molar refractivity (Wildman–Crippen MR) is 108 cm³/mol. The fourth-order valence-corrected chi connectivity index (χ4v) is 4.19. The van der Waals surface area contributed by atoms with Gasteiger partial charge in [0.2, 0.25) is 5.89 Å². The zero-order valence-electron chi connectivity index (χ0n) is 15.2. The van der Waals surface area contributed by atoms with Crippen LogP contribution >= 0.6 is 11.3 Å². The quantitative estimate of drug-likeness (QED) is 0.335. The van der Waals surface area contributed by atoms with Crippen LogP contribution < -0.4 is 5.11 Å². The van der Waals surface area contributed by atoms with E-state index in [1.807, 2.05) is 10.8 Å². The summed E-state index contributed by atoms with van der Waals surface area (Å²) in [5.74, 6) is -0.778. The van der Waals surface area contributed by atoms with Crippen molar-refractivity contribution in [2.75, 3.05) is 0 Å². The highest BCUT2D eigenvalue weighted by Gasteiger charge is 2.18. The number of pyridine rings is 1. The molecule has 0 radical (unpaired) electrons. The van der Waals surface area contributed by atoms with Gasteiger partial charge in [-0.25, -0.2) is 9.37 Å². The smallest absolute Gasteiger partial charge is 0.282 e. The number of thiophene rings is 1. The van der Waals surface area contributed by atoms with Crippen molar-refractivity contribution in [1.29, 1.82) is 0 Å². The summed E-state index contributed by atoms with van der Waals surface area (Å²) in [6, 6.07) is 10.1. The zero-order valence-corrected chi connectivity index (χ0v) is 16.9. The first kappa shape index (κ1) is 19.9. The molecule has 0 aliphatic rings. The summed E-state index contributed by atoms with van der Waals surface area (Å²) in [5, 5.41) is 16.1. The lowest BCUT2D eigenvalue weighted by Crippen LogP contribution is -2.22. The molecule has 0 aliphatic heterocycles. The first-order valence-electron chi connectivity index (χ1n) is 8.61. The van der Waals surface area contributed by atoms with Crippen molar-refractivity contribution in [3.8, 4) is 22.8 Å². The van der Waals surface area contributed by atoms with E-state index in [0.717, 1.165) is 6.20 Å². The minimum absolute atomic E-state index is 0.177. The summed E-state index contributed by atoms with van der Waals surface area (Å²) >= 11 is 1.43. The van der Waals surface area contributed by atoms with Gasteiger partial charge in [0, 0.05) is 35.3 Å². The molecule has 0 bridgehead atoms. The molecule has 0 amide bonds. The maximum absolute atomic E-state index is 13.2. The molecule has 0 atom stereocenters. The molecular weight excluding hydrogens is 429 g/mol. The number of benzene rings is 1. The Hall–Kier alpha value is -3.37. The Morgan fingerprint density at radius 1 is 1.17 bits per heavy atom. The van der Waals surface area contributed by atoms with Crippen LogP contribution in [0.25, 0.3) is 22.8 Å². The number of nitrogens with zero attached hydrogens (tertiary/aromatic N) is 3. The second kappa shape index (κ2) is 8.17. The Kier molecular flexibility index (Phi) is 5.42. The van der Waals surface area contributed by atoms with E-state index < -0.39 is 21.7 Å². The van der Waals surface area contributed by atoms with Crippen LogP contribution in [0.5, 0.6) is 0 Å². The average Bonchev–Trinajstić information content (AvgIpc) is 3.39. The highest BCUT2D eigenvalue weighted by atomic mass is 32.2. The van der Waals surface area contributed by atoms with E-state index in [0.29, 0.717) is 16.9 Å². The molecule has 0 N–H and O–H groups in total. The van der Waals surface area contributed by atoms with Crippen LogP contribution in [-0.4, -0.2) is 24.3 Å². The largest absolute Gasteiger partial charge is 0.861 e. The number of oxazole rings is 1. The topological polar surface area (TPSA) is 108 Å². The Morgan fingerprint density at radius 2 is 1.97 bits per heavy atom. The molecule has 0 fully saturated rings. The molecule has 3 heterocycles. The standard InChI is InChI=1S/C20H14FN3O4S2/c21-15-5-3-13(4-6-15)20-23-17(19(28-20)14-7-9-29-12-14)10-18(25)24-30(26,27)16-2-1-8-22-11-16/h1-9,11-12H,10H2,(H,24,25)/p-1. The van der Waals surface area contributed by atoms with Crippen molar-refractivity contribution in [2.45, 2.75) is 11.3 Å². The molecule has 30 heavy (non-hydrogen) atoms. The van der Waals surface area contributed by atoms with E-state index in [1.165, 1.54) is 53.9 Å². The van der Waals surface area contributed by atoms with E-state index in [4.69, 9.17) is 4.42 Å². The fraction of sp³-hybridized carbons (Fsp3) is 0.0500. The van der Waals surface area contributed by atoms with Gasteiger partial charge in [-0.05, 0) is 53.7 Å². The Bertz CT molecular complexity index is 1280. The second-order valence-electron chi connectivity index (χ2n) is 6.14. The van der Waals surface area contributed by atoms with Crippen LogP contribution in [-0.2, 0) is 16.4 Å². The molecule has 0 spiro atoms. The summed E-state index contributed by atoms with van der Waals surface area (Å²) in [5.41, 5.74) is 1.45. The molecule has 0 saturated heterocycles. The first-order valence-corrected chi connectivity index (χ1v) is 11.0. The Balaban J connectivity index is 1.70. The van der Waals surface area contributed by atoms with Crippen molar-refractivity contribution >= 4 is 27.3 Å². The van der Waals surface area contributed by atoms with Crippen LogP contribution in [0.15, 0.2) is 79.3 Å². The van der Waals surface area contributed by atoms with Crippen molar-refractivity contribution in [3.63, 3.8) is 0 Å². The van der Waals surface area contributed by atoms with Crippen molar-refractivity contribution in [3.05, 3.63) is 77.1 Å². The molecule has 4 aromatic rings. The lowest BCUT2D eigenvalue weighted by Gasteiger charge is -2.09. The normalized spacial score (nSPS) is 12.2. The van der Waals surface area contributed by atoms with E-state index in [2.05, 4.69) is 14.4 Å². The van der Waals surface area contributed by atoms with Crippen LogP contribution in [0.3, 0.4) is 0 Å². The number of halogens is 1. The van der Waals surface area contributed by atoms with Gasteiger partial charge in [0.05, 0.1) is 5.69 Å². The highest BCUT2D eigenvalue weighted by molar-refractivity contribution is 7.90. The summed E-state index contributed by atoms with van der Waals surface area (Å²) < 4.78 is 47.0. The van der Waals surface area contributed by atoms with E-state index >= 15 is 0 Å². The fourth-order valence-electron chi connectivity index (χ4n) is 2.67. The maximum Gasteiger partial charge on any atom is 0.282 e. The number of hydrogen-bond acceptors (Lipinski definition) is 7. The van der Waals surface area contributed by atoms with Gasteiger partial charge >= 0.3 is 0 Å². The predicted octanol–water partition coefficient (Wildman–Crippen LogP) is 3.29. The van der Waals surface area contributed by atoms with Gasteiger partial charge in [0.1, 0.15) is 10.7 Å². The van der Waals surface area contributed by atoms with Gasteiger partial charge in [0.25, 0.3) is 10.0 Å². The van der Waals surface area contributed by atoms with Crippen LogP contribution in [0.4, 0.5) is 4.39 Å². The third-order valence-electron chi connectivity index (χ3n) is 4.04. The van der Waals surface area contributed by atoms with Crippen molar-refractivity contribution in [2.24, 2.45) is 4.40 Å². The summed E-state index contributed by atoms with van der Waals surface area (Å²) in [4.78, 5) is 7.89. The molecule has 7 nitrogen and oxygen atoms in total. The van der Waals surface area contributed by atoms with Gasteiger partial charge in [-0.1, -0.05) is 0 Å². The third-order valence-corrected chi connectivity index (χ3v) is 6.01. The van der Waals surface area contributed by atoms with Gasteiger partial charge in [-0.3, -0.25) is 4.98 Å². The molecule has 0 unspecified atom stereocenters. The van der Waals surface area contributed by atoms with E-state index in [-0.39, 0.29) is 22.9 Å².